The molecule has 1 unspecified atom stereocenters. The summed E-state index contributed by atoms with van der Waals surface area (Å²) in [5.41, 5.74) is 2.62. The monoisotopic (exact) mass is 406 g/mol. The predicted octanol–water partition coefficient (Wildman–Crippen LogP) is 4.98. The van der Waals surface area contributed by atoms with E-state index in [1.54, 1.807) is 42.5 Å². The molecule has 0 aliphatic rings. The van der Waals surface area contributed by atoms with E-state index in [4.69, 9.17) is 0 Å². The van der Waals surface area contributed by atoms with Crippen LogP contribution < -0.4 is 4.72 Å². The molecule has 1 atom stereocenters. The SMILES string of the molecule is CCC(=O)CC(Cc1c[c]ccc1)c1ccc(NS(=O)(=O)c2ccccc2)cc1. The molecule has 29 heavy (non-hydrogen) atoms. The number of carbonyl (C=O) groups is 1. The molecule has 0 amide bonds. The fourth-order valence-corrected chi connectivity index (χ4v) is 4.29. The van der Waals surface area contributed by atoms with Gasteiger partial charge in [0.2, 0.25) is 0 Å². The van der Waals surface area contributed by atoms with Crippen molar-refractivity contribution < 1.29 is 13.2 Å². The topological polar surface area (TPSA) is 63.2 Å². The maximum atomic E-state index is 12.5. The fraction of sp³-hybridized carbons (Fsp3) is 0.208. The van der Waals surface area contributed by atoms with Crippen LogP contribution in [-0.2, 0) is 21.2 Å². The average Bonchev–Trinajstić information content (AvgIpc) is 2.75. The van der Waals surface area contributed by atoms with Crippen molar-refractivity contribution in [3.63, 3.8) is 0 Å². The summed E-state index contributed by atoms with van der Waals surface area (Å²) in [4.78, 5) is 12.3. The van der Waals surface area contributed by atoms with E-state index in [2.05, 4.69) is 10.8 Å². The molecule has 5 heteroatoms. The van der Waals surface area contributed by atoms with Gasteiger partial charge in [-0.2, -0.15) is 0 Å². The standard InChI is InChI=1S/C24H24NO3S/c1-2-23(26)18-21(17-19-9-5-3-6-10-19)20-13-15-22(16-14-20)25-29(27,28)24-11-7-4-8-12-24/h3-5,7-16,21,25H,2,17-18H2,1H3. The van der Waals surface area contributed by atoms with E-state index in [1.807, 2.05) is 43.3 Å². The van der Waals surface area contributed by atoms with Gasteiger partial charge in [0.15, 0.2) is 0 Å². The van der Waals surface area contributed by atoms with Crippen molar-refractivity contribution in [3.05, 3.63) is 96.1 Å². The third-order valence-corrected chi connectivity index (χ3v) is 6.21. The van der Waals surface area contributed by atoms with Crippen LogP contribution in [0.25, 0.3) is 0 Å². The second kappa shape index (κ2) is 9.52. The van der Waals surface area contributed by atoms with E-state index in [0.29, 0.717) is 18.5 Å². The van der Waals surface area contributed by atoms with Crippen LogP contribution in [0.2, 0.25) is 0 Å². The zero-order valence-corrected chi connectivity index (χ0v) is 17.2. The second-order valence-corrected chi connectivity index (χ2v) is 8.63. The van der Waals surface area contributed by atoms with E-state index in [0.717, 1.165) is 17.5 Å². The Hall–Kier alpha value is -2.92. The first kappa shape index (κ1) is 20.8. The van der Waals surface area contributed by atoms with Gasteiger partial charge in [0.05, 0.1) is 4.90 Å². The van der Waals surface area contributed by atoms with Crippen molar-refractivity contribution in [1.29, 1.82) is 0 Å². The predicted molar refractivity (Wildman–Crippen MR) is 115 cm³/mol. The zero-order chi connectivity index (χ0) is 20.7. The van der Waals surface area contributed by atoms with Gasteiger partial charge >= 0.3 is 0 Å². The highest BCUT2D eigenvalue weighted by atomic mass is 32.2. The van der Waals surface area contributed by atoms with Gasteiger partial charge in [-0.25, -0.2) is 8.42 Å². The molecule has 0 bridgehead atoms. The average molecular weight is 407 g/mol. The minimum Gasteiger partial charge on any atom is -0.300 e. The van der Waals surface area contributed by atoms with Crippen molar-refractivity contribution in [2.24, 2.45) is 0 Å². The molecule has 0 saturated carbocycles. The number of hydrogen-bond donors (Lipinski definition) is 1. The summed E-state index contributed by atoms with van der Waals surface area (Å²) in [6, 6.07) is 26.4. The Bertz CT molecular complexity index is 1030. The van der Waals surface area contributed by atoms with Crippen LogP contribution in [0.3, 0.4) is 0 Å². The van der Waals surface area contributed by atoms with E-state index in [1.165, 1.54) is 0 Å². The number of nitrogens with one attached hydrogen (secondary N) is 1. The van der Waals surface area contributed by atoms with Crippen molar-refractivity contribution >= 4 is 21.5 Å². The quantitative estimate of drug-likeness (QED) is 0.545. The Morgan fingerprint density at radius 3 is 2.34 bits per heavy atom. The molecule has 149 valence electrons. The van der Waals surface area contributed by atoms with Crippen LogP contribution in [0.15, 0.2) is 83.8 Å². The Balaban J connectivity index is 1.78. The Labute approximate surface area is 172 Å². The van der Waals surface area contributed by atoms with Gasteiger partial charge in [0, 0.05) is 18.5 Å². The summed E-state index contributed by atoms with van der Waals surface area (Å²) in [5, 5.41) is 0. The third kappa shape index (κ3) is 5.78. The number of rotatable bonds is 9. The normalized spacial score (nSPS) is 12.3. The van der Waals surface area contributed by atoms with Gasteiger partial charge in [0.1, 0.15) is 5.78 Å². The molecular formula is C24H24NO3S. The Morgan fingerprint density at radius 2 is 1.72 bits per heavy atom. The third-order valence-electron chi connectivity index (χ3n) is 4.81. The number of carbonyl (C=O) groups excluding carboxylic acids is 1. The van der Waals surface area contributed by atoms with Crippen LogP contribution in [0, 0.1) is 6.07 Å². The van der Waals surface area contributed by atoms with E-state index < -0.39 is 10.0 Å². The summed E-state index contributed by atoms with van der Waals surface area (Å²) < 4.78 is 27.6. The lowest BCUT2D eigenvalue weighted by Crippen LogP contribution is -2.13. The van der Waals surface area contributed by atoms with E-state index in [9.17, 15) is 13.2 Å². The Morgan fingerprint density at radius 1 is 1.00 bits per heavy atom. The van der Waals surface area contributed by atoms with Gasteiger partial charge in [-0.3, -0.25) is 9.52 Å². The van der Waals surface area contributed by atoms with Crippen LogP contribution >= 0.6 is 0 Å². The zero-order valence-electron chi connectivity index (χ0n) is 16.3. The second-order valence-electron chi connectivity index (χ2n) is 6.95. The molecule has 0 saturated heterocycles. The summed E-state index contributed by atoms with van der Waals surface area (Å²) in [6.45, 7) is 1.87. The summed E-state index contributed by atoms with van der Waals surface area (Å²) in [7, 11) is -3.63. The number of sulfonamides is 1. The first-order valence-electron chi connectivity index (χ1n) is 9.62. The molecular weight excluding hydrogens is 382 g/mol. The van der Waals surface area contributed by atoms with E-state index >= 15 is 0 Å². The minimum absolute atomic E-state index is 0.0398. The number of hydrogen-bond acceptors (Lipinski definition) is 3. The lowest BCUT2D eigenvalue weighted by molar-refractivity contribution is -0.119. The first-order chi connectivity index (χ1) is 14.0. The van der Waals surface area contributed by atoms with Gasteiger partial charge in [-0.15, -0.1) is 0 Å². The van der Waals surface area contributed by atoms with Gasteiger partial charge in [-0.05, 0) is 53.8 Å². The van der Waals surface area contributed by atoms with Crippen LogP contribution in [-0.4, -0.2) is 14.2 Å². The Kier molecular flexibility index (Phi) is 6.83. The van der Waals surface area contributed by atoms with Crippen molar-refractivity contribution in [1.82, 2.24) is 0 Å². The first-order valence-corrected chi connectivity index (χ1v) is 11.1. The van der Waals surface area contributed by atoms with E-state index in [-0.39, 0.29) is 16.6 Å². The molecule has 0 aliphatic carbocycles. The van der Waals surface area contributed by atoms with Gasteiger partial charge in [-0.1, -0.05) is 61.5 Å². The molecule has 4 nitrogen and oxygen atoms in total. The van der Waals surface area contributed by atoms with Crippen LogP contribution in [0.4, 0.5) is 5.69 Å². The molecule has 1 radical (unpaired) electrons. The van der Waals surface area contributed by atoms with Gasteiger partial charge in [0.25, 0.3) is 10.0 Å². The summed E-state index contributed by atoms with van der Waals surface area (Å²) in [5.74, 6) is 0.252. The minimum atomic E-state index is -3.63. The van der Waals surface area contributed by atoms with Crippen LogP contribution in [0.5, 0.6) is 0 Å². The van der Waals surface area contributed by atoms with Crippen LogP contribution in [0.1, 0.15) is 36.8 Å². The largest absolute Gasteiger partial charge is 0.300 e. The maximum Gasteiger partial charge on any atom is 0.261 e. The lowest BCUT2D eigenvalue weighted by Gasteiger charge is -2.17. The fourth-order valence-electron chi connectivity index (χ4n) is 3.21. The highest BCUT2D eigenvalue weighted by Crippen LogP contribution is 2.27. The van der Waals surface area contributed by atoms with Gasteiger partial charge < -0.3 is 0 Å². The number of anilines is 1. The van der Waals surface area contributed by atoms with Crippen molar-refractivity contribution in [3.8, 4) is 0 Å². The molecule has 3 aromatic rings. The number of ketones is 1. The molecule has 1 N–H and O–H groups in total. The highest BCUT2D eigenvalue weighted by Gasteiger charge is 2.17. The summed E-state index contributed by atoms with van der Waals surface area (Å²) in [6.07, 6.45) is 1.70. The molecule has 0 aromatic heterocycles. The maximum absolute atomic E-state index is 12.5. The molecule has 3 aromatic carbocycles. The highest BCUT2D eigenvalue weighted by molar-refractivity contribution is 7.92. The molecule has 0 heterocycles. The summed E-state index contributed by atoms with van der Waals surface area (Å²) >= 11 is 0. The van der Waals surface area contributed by atoms with Crippen molar-refractivity contribution in [2.45, 2.75) is 37.0 Å². The molecule has 0 aliphatic heterocycles. The molecule has 3 rings (SSSR count). The molecule has 0 fully saturated rings. The smallest absolute Gasteiger partial charge is 0.261 e. The van der Waals surface area contributed by atoms with Crippen molar-refractivity contribution in [2.75, 3.05) is 4.72 Å². The molecule has 0 spiro atoms. The number of benzene rings is 3. The lowest BCUT2D eigenvalue weighted by atomic mass is 9.87. The number of Topliss-reactive ketones (excluding diaryl/α,β-unsaturated/α-hetero) is 1.